The highest BCUT2D eigenvalue weighted by atomic mass is 32.2. The van der Waals surface area contributed by atoms with Crippen LogP contribution in [0.4, 0.5) is 10.1 Å². The molecule has 0 aliphatic carbocycles. The standard InChI is InChI=1S/C19H21FN4O3S/c20-16-4-7-18(8-5-16)24-11-10-22-13-19(24)28(26,27)14-17(23-25)6-3-15-2-1-9-21-12-15/h1-2,4-5,7-9,12,17,19,22-23,25H,10-11,13-14H2. The molecule has 0 spiro atoms. The van der Waals surface area contributed by atoms with Gasteiger partial charge >= 0.3 is 0 Å². The number of halogens is 1. The van der Waals surface area contributed by atoms with Crippen molar-refractivity contribution in [3.8, 4) is 11.8 Å². The number of nitrogens with zero attached hydrogens (tertiary/aromatic N) is 2. The number of nitrogens with one attached hydrogen (secondary N) is 2. The van der Waals surface area contributed by atoms with Crippen LogP contribution in [0.2, 0.25) is 0 Å². The second-order valence-corrected chi connectivity index (χ2v) is 8.55. The van der Waals surface area contributed by atoms with Crippen LogP contribution in [0.25, 0.3) is 0 Å². The van der Waals surface area contributed by atoms with Gasteiger partial charge in [0, 0.05) is 43.3 Å². The lowest BCUT2D eigenvalue weighted by Gasteiger charge is -2.37. The smallest absolute Gasteiger partial charge is 0.175 e. The molecule has 2 heterocycles. The molecule has 148 valence electrons. The zero-order valence-electron chi connectivity index (χ0n) is 15.0. The number of pyridine rings is 1. The Morgan fingerprint density at radius 2 is 2.14 bits per heavy atom. The van der Waals surface area contributed by atoms with E-state index in [0.717, 1.165) is 0 Å². The maximum atomic E-state index is 13.2. The van der Waals surface area contributed by atoms with Crippen molar-refractivity contribution in [1.29, 1.82) is 0 Å². The van der Waals surface area contributed by atoms with Gasteiger partial charge in [0.1, 0.15) is 17.2 Å². The highest BCUT2D eigenvalue weighted by Gasteiger charge is 2.35. The largest absolute Gasteiger partial charge is 0.353 e. The molecule has 0 radical (unpaired) electrons. The van der Waals surface area contributed by atoms with Gasteiger partial charge in [-0.15, -0.1) is 0 Å². The van der Waals surface area contributed by atoms with E-state index in [4.69, 9.17) is 0 Å². The van der Waals surface area contributed by atoms with E-state index in [1.165, 1.54) is 12.1 Å². The van der Waals surface area contributed by atoms with Crippen LogP contribution in [-0.2, 0) is 9.84 Å². The number of hydroxylamine groups is 1. The van der Waals surface area contributed by atoms with Crippen molar-refractivity contribution in [3.63, 3.8) is 0 Å². The second kappa shape index (κ2) is 9.12. The molecule has 2 atom stereocenters. The minimum Gasteiger partial charge on any atom is -0.353 e. The Morgan fingerprint density at radius 1 is 1.36 bits per heavy atom. The van der Waals surface area contributed by atoms with Gasteiger partial charge in [-0.1, -0.05) is 11.8 Å². The SMILES string of the molecule is O=S(=O)(CC(C#Cc1cccnc1)NO)C1CNCCN1c1ccc(F)cc1. The van der Waals surface area contributed by atoms with Gasteiger partial charge in [0.25, 0.3) is 0 Å². The maximum absolute atomic E-state index is 13.2. The minimum atomic E-state index is -3.68. The van der Waals surface area contributed by atoms with Crippen molar-refractivity contribution in [3.05, 3.63) is 60.2 Å². The summed E-state index contributed by atoms with van der Waals surface area (Å²) in [5, 5.41) is 11.6. The van der Waals surface area contributed by atoms with Crippen LogP contribution in [0.5, 0.6) is 0 Å². The summed E-state index contributed by atoms with van der Waals surface area (Å²) in [6.07, 6.45) is 3.16. The topological polar surface area (TPSA) is 94.6 Å². The predicted octanol–water partition coefficient (Wildman–Crippen LogP) is 0.770. The lowest BCUT2D eigenvalue weighted by atomic mass is 10.2. The normalized spacial score (nSPS) is 18.2. The van der Waals surface area contributed by atoms with Crippen LogP contribution in [0.1, 0.15) is 5.56 Å². The third-order valence-corrected chi connectivity index (χ3v) is 6.42. The number of piperazine rings is 1. The fraction of sp³-hybridized carbons (Fsp3) is 0.316. The van der Waals surface area contributed by atoms with Gasteiger partial charge < -0.3 is 15.4 Å². The van der Waals surface area contributed by atoms with Crippen molar-refractivity contribution < 1.29 is 18.0 Å². The molecule has 3 N–H and O–H groups in total. The van der Waals surface area contributed by atoms with Crippen molar-refractivity contribution in [1.82, 2.24) is 15.8 Å². The average molecular weight is 404 g/mol. The Kier molecular flexibility index (Phi) is 6.59. The molecule has 28 heavy (non-hydrogen) atoms. The summed E-state index contributed by atoms with van der Waals surface area (Å²) in [5.41, 5.74) is 3.22. The molecule has 0 amide bonds. The average Bonchev–Trinajstić information content (AvgIpc) is 2.72. The summed E-state index contributed by atoms with van der Waals surface area (Å²) in [4.78, 5) is 5.67. The summed E-state index contributed by atoms with van der Waals surface area (Å²) in [5.74, 6) is 4.77. The first-order valence-electron chi connectivity index (χ1n) is 8.75. The number of anilines is 1. The first-order valence-corrected chi connectivity index (χ1v) is 10.5. The van der Waals surface area contributed by atoms with E-state index >= 15 is 0 Å². The van der Waals surface area contributed by atoms with Crippen molar-refractivity contribution in [2.24, 2.45) is 0 Å². The van der Waals surface area contributed by atoms with E-state index in [9.17, 15) is 18.0 Å². The van der Waals surface area contributed by atoms with Crippen molar-refractivity contribution in [2.45, 2.75) is 11.4 Å². The molecule has 0 bridgehead atoms. The fourth-order valence-electron chi connectivity index (χ4n) is 2.99. The van der Waals surface area contributed by atoms with Crippen molar-refractivity contribution in [2.75, 3.05) is 30.3 Å². The van der Waals surface area contributed by atoms with Gasteiger partial charge in [-0.3, -0.25) is 4.98 Å². The Labute approximate surface area is 163 Å². The lowest BCUT2D eigenvalue weighted by Crippen LogP contribution is -2.56. The Morgan fingerprint density at radius 3 is 2.82 bits per heavy atom. The molecule has 2 aromatic rings. The van der Waals surface area contributed by atoms with Crippen LogP contribution >= 0.6 is 0 Å². The molecule has 1 saturated heterocycles. The van der Waals surface area contributed by atoms with E-state index in [1.54, 1.807) is 41.6 Å². The van der Waals surface area contributed by atoms with E-state index in [0.29, 0.717) is 24.3 Å². The van der Waals surface area contributed by atoms with Crippen LogP contribution in [0, 0.1) is 17.7 Å². The summed E-state index contributed by atoms with van der Waals surface area (Å²) in [7, 11) is -3.68. The molecule has 9 heteroatoms. The van der Waals surface area contributed by atoms with Gasteiger partial charge in [0.2, 0.25) is 0 Å². The summed E-state index contributed by atoms with van der Waals surface area (Å²) >= 11 is 0. The first-order chi connectivity index (χ1) is 13.5. The maximum Gasteiger partial charge on any atom is 0.175 e. The number of aromatic nitrogens is 1. The summed E-state index contributed by atoms with van der Waals surface area (Å²) in [6.45, 7) is 1.31. The molecular formula is C19H21FN4O3S. The third kappa shape index (κ3) is 5.05. The quantitative estimate of drug-likeness (QED) is 0.501. The number of hydrogen-bond acceptors (Lipinski definition) is 7. The number of sulfone groups is 1. The molecule has 1 aliphatic heterocycles. The third-order valence-electron chi connectivity index (χ3n) is 4.38. The van der Waals surface area contributed by atoms with Crippen LogP contribution in [0.3, 0.4) is 0 Å². The molecule has 1 aromatic heterocycles. The number of hydrogen-bond donors (Lipinski definition) is 3. The van der Waals surface area contributed by atoms with Gasteiger partial charge in [-0.25, -0.2) is 12.8 Å². The number of benzene rings is 1. The molecule has 2 unspecified atom stereocenters. The van der Waals surface area contributed by atoms with E-state index < -0.39 is 21.3 Å². The summed E-state index contributed by atoms with van der Waals surface area (Å²) < 4.78 is 39.3. The van der Waals surface area contributed by atoms with Crippen LogP contribution in [0.15, 0.2) is 48.8 Å². The lowest BCUT2D eigenvalue weighted by molar-refractivity contribution is 0.153. The fourth-order valence-corrected chi connectivity index (χ4v) is 4.82. The zero-order valence-corrected chi connectivity index (χ0v) is 15.9. The molecule has 7 nitrogen and oxygen atoms in total. The molecule has 3 rings (SSSR count). The highest BCUT2D eigenvalue weighted by molar-refractivity contribution is 7.92. The Balaban J connectivity index is 1.79. The molecule has 1 aromatic carbocycles. The van der Waals surface area contributed by atoms with Gasteiger partial charge in [-0.2, -0.15) is 5.48 Å². The summed E-state index contributed by atoms with van der Waals surface area (Å²) in [6, 6.07) is 8.24. The minimum absolute atomic E-state index is 0.230. The first kappa shape index (κ1) is 20.2. The second-order valence-electron chi connectivity index (χ2n) is 6.35. The molecule has 1 aliphatic rings. The van der Waals surface area contributed by atoms with E-state index in [-0.39, 0.29) is 18.1 Å². The van der Waals surface area contributed by atoms with E-state index in [2.05, 4.69) is 22.1 Å². The number of rotatable bonds is 5. The highest BCUT2D eigenvalue weighted by Crippen LogP contribution is 2.22. The zero-order chi connectivity index (χ0) is 20.0. The predicted molar refractivity (Wildman–Crippen MR) is 104 cm³/mol. The van der Waals surface area contributed by atoms with Gasteiger partial charge in [0.05, 0.1) is 5.75 Å². The molecular weight excluding hydrogens is 383 g/mol. The Hall–Kier alpha value is -2.51. The van der Waals surface area contributed by atoms with Gasteiger partial charge in [0.15, 0.2) is 9.84 Å². The van der Waals surface area contributed by atoms with Gasteiger partial charge in [-0.05, 0) is 36.4 Å². The van der Waals surface area contributed by atoms with Crippen LogP contribution < -0.4 is 15.7 Å². The molecule has 1 fully saturated rings. The van der Waals surface area contributed by atoms with Crippen LogP contribution in [-0.4, -0.2) is 55.4 Å². The van der Waals surface area contributed by atoms with Crippen molar-refractivity contribution >= 4 is 15.5 Å². The Bertz CT molecular complexity index is 943. The van der Waals surface area contributed by atoms with E-state index in [1.807, 2.05) is 5.48 Å². The monoisotopic (exact) mass is 404 g/mol. The molecule has 0 saturated carbocycles.